The monoisotopic (exact) mass is 720 g/mol. The van der Waals surface area contributed by atoms with Gasteiger partial charge in [0.25, 0.3) is 11.8 Å². The van der Waals surface area contributed by atoms with Crippen LogP contribution in [0.2, 0.25) is 18.6 Å². The molecule has 5 atom stereocenters. The maximum atomic E-state index is 14.8. The summed E-state index contributed by atoms with van der Waals surface area (Å²) in [6, 6.07) is 19.5. The number of halogens is 1. The summed E-state index contributed by atoms with van der Waals surface area (Å²) in [6.45, 7) is 6.32. The summed E-state index contributed by atoms with van der Waals surface area (Å²) in [6.07, 6.45) is 0.926. The van der Waals surface area contributed by atoms with E-state index >= 15 is 0 Å². The van der Waals surface area contributed by atoms with E-state index in [1.807, 2.05) is 56.4 Å². The predicted molar refractivity (Wildman–Crippen MR) is 186 cm³/mol. The Morgan fingerprint density at radius 2 is 1.87 bits per heavy atom. The molecule has 5 N–H and O–H groups in total. The minimum absolute atomic E-state index is 0.0244. The Hall–Kier alpha value is -3.55. The van der Waals surface area contributed by atoms with E-state index in [1.54, 1.807) is 40.1 Å². The van der Waals surface area contributed by atoms with Crippen LogP contribution in [0.5, 0.6) is 0 Å². The fourth-order valence-corrected chi connectivity index (χ4v) is 10.7. The van der Waals surface area contributed by atoms with E-state index in [2.05, 4.69) is 21.2 Å². The SMILES string of the molecule is C[C@H]1[C@H]([Si](C)(C)O)[C@@H](CC(=O)N2CCC[C@H]2CO)O[C@]12C(=O)N(Cc1cccc(NC(=O)c3ccc(N)cc3)c1)c1ccc(Br)cc12. The molecule has 3 amide bonds. The molecule has 2 saturated heterocycles. The van der Waals surface area contributed by atoms with Crippen molar-refractivity contribution in [1.82, 2.24) is 4.90 Å². The molecule has 2 fully saturated rings. The summed E-state index contributed by atoms with van der Waals surface area (Å²) in [7, 11) is -2.97. The second-order valence-electron chi connectivity index (χ2n) is 13.5. The number of aliphatic hydroxyl groups excluding tert-OH is 1. The van der Waals surface area contributed by atoms with E-state index in [4.69, 9.17) is 10.5 Å². The van der Waals surface area contributed by atoms with Crippen LogP contribution in [-0.4, -0.2) is 66.1 Å². The first kappa shape index (κ1) is 33.4. The van der Waals surface area contributed by atoms with Crippen molar-refractivity contribution in [3.8, 4) is 0 Å². The van der Waals surface area contributed by atoms with Crippen molar-refractivity contribution >= 4 is 59.0 Å². The number of nitrogens with two attached hydrogens (primary N) is 1. The van der Waals surface area contributed by atoms with Crippen LogP contribution in [0.4, 0.5) is 17.1 Å². The van der Waals surface area contributed by atoms with Crippen molar-refractivity contribution < 1.29 is 29.0 Å². The average Bonchev–Trinajstić information content (AvgIpc) is 3.68. The second-order valence-corrected chi connectivity index (χ2v) is 18.3. The highest BCUT2D eigenvalue weighted by molar-refractivity contribution is 9.10. The average molecular weight is 722 g/mol. The van der Waals surface area contributed by atoms with Gasteiger partial charge in [-0.1, -0.05) is 35.0 Å². The third-order valence-electron chi connectivity index (χ3n) is 9.93. The molecule has 248 valence electrons. The van der Waals surface area contributed by atoms with Gasteiger partial charge in [0.15, 0.2) is 13.9 Å². The number of nitrogens with zero attached hydrogens (tertiary/aromatic N) is 2. The van der Waals surface area contributed by atoms with Crippen LogP contribution in [-0.2, 0) is 26.5 Å². The molecule has 3 heterocycles. The van der Waals surface area contributed by atoms with E-state index in [0.29, 0.717) is 34.7 Å². The number of hydrogen-bond donors (Lipinski definition) is 4. The third kappa shape index (κ3) is 6.13. The molecule has 10 nitrogen and oxygen atoms in total. The van der Waals surface area contributed by atoms with Crippen molar-refractivity contribution in [2.75, 3.05) is 29.1 Å². The van der Waals surface area contributed by atoms with E-state index < -0.39 is 31.5 Å². The molecule has 3 aliphatic heterocycles. The summed E-state index contributed by atoms with van der Waals surface area (Å²) < 4.78 is 7.63. The number of nitrogen functional groups attached to an aromatic ring is 1. The van der Waals surface area contributed by atoms with Crippen LogP contribution >= 0.6 is 15.9 Å². The Morgan fingerprint density at radius 3 is 2.57 bits per heavy atom. The highest BCUT2D eigenvalue weighted by atomic mass is 79.9. The zero-order valence-corrected chi connectivity index (χ0v) is 29.4. The minimum atomic E-state index is -2.97. The maximum Gasteiger partial charge on any atom is 0.264 e. The van der Waals surface area contributed by atoms with Gasteiger partial charge >= 0.3 is 0 Å². The molecule has 47 heavy (non-hydrogen) atoms. The smallest absolute Gasteiger partial charge is 0.264 e. The molecule has 1 spiro atoms. The Morgan fingerprint density at radius 1 is 1.13 bits per heavy atom. The molecule has 0 bridgehead atoms. The third-order valence-corrected chi connectivity index (χ3v) is 12.9. The Bertz CT molecular complexity index is 1700. The van der Waals surface area contributed by atoms with Gasteiger partial charge in [0, 0.05) is 45.0 Å². The van der Waals surface area contributed by atoms with Crippen molar-refractivity contribution in [2.45, 2.75) is 69.1 Å². The van der Waals surface area contributed by atoms with Gasteiger partial charge in [-0.05, 0) is 86.1 Å². The number of likely N-dealkylation sites (tertiary alicyclic amines) is 1. The lowest BCUT2D eigenvalue weighted by Gasteiger charge is -2.33. The first-order valence-corrected chi connectivity index (χ1v) is 19.8. The van der Waals surface area contributed by atoms with Gasteiger partial charge in [-0.15, -0.1) is 0 Å². The number of benzene rings is 3. The molecule has 0 saturated carbocycles. The minimum Gasteiger partial charge on any atom is -0.432 e. The van der Waals surface area contributed by atoms with Crippen LogP contribution in [0, 0.1) is 5.92 Å². The summed E-state index contributed by atoms with van der Waals surface area (Å²) in [5.41, 5.74) is 7.79. The van der Waals surface area contributed by atoms with Gasteiger partial charge in [-0.2, -0.15) is 0 Å². The standard InChI is InChI=1S/C35H41BrN4O6Si/c1-21-32(47(2,3)45)30(18-31(42)39-15-5-8-27(39)20-41)46-35(21)28-17-24(36)11-14-29(28)40(34(35)44)19-22-6-4-7-26(16-22)38-33(43)23-9-12-25(37)13-10-23/h4,6-7,9-14,16-17,21,27,30,32,41,45H,5,8,15,18-20,37H2,1-3H3,(H,38,43)/t21-,27-,30+,32-,35+/m0/s1. The van der Waals surface area contributed by atoms with E-state index in [-0.39, 0.29) is 43.3 Å². The predicted octanol–water partition coefficient (Wildman–Crippen LogP) is 5.00. The number of aliphatic hydroxyl groups is 1. The van der Waals surface area contributed by atoms with Gasteiger partial charge in [0.05, 0.1) is 37.4 Å². The number of nitrogens with one attached hydrogen (secondary N) is 1. The molecule has 3 aromatic rings. The van der Waals surface area contributed by atoms with Crippen LogP contribution in [0.3, 0.4) is 0 Å². The first-order chi connectivity index (χ1) is 22.3. The summed E-state index contributed by atoms with van der Waals surface area (Å²) in [4.78, 5) is 56.2. The number of fused-ring (bicyclic) bond motifs is 2. The first-order valence-electron chi connectivity index (χ1n) is 16.0. The molecule has 0 aromatic heterocycles. The normalized spacial score (nSPS) is 25.4. The summed E-state index contributed by atoms with van der Waals surface area (Å²) >= 11 is 3.59. The van der Waals surface area contributed by atoms with Crippen LogP contribution in [0.25, 0.3) is 0 Å². The quantitative estimate of drug-likeness (QED) is 0.189. The lowest BCUT2D eigenvalue weighted by atomic mass is 9.82. The molecule has 12 heteroatoms. The molecule has 6 rings (SSSR count). The zero-order valence-electron chi connectivity index (χ0n) is 26.8. The number of carbonyl (C=O) groups excluding carboxylic acids is 3. The van der Waals surface area contributed by atoms with Gasteiger partial charge in [0.2, 0.25) is 5.91 Å². The number of rotatable bonds is 8. The van der Waals surface area contributed by atoms with Crippen LogP contribution in [0.1, 0.15) is 47.7 Å². The van der Waals surface area contributed by atoms with Gasteiger partial charge in [-0.3, -0.25) is 14.4 Å². The van der Waals surface area contributed by atoms with Crippen LogP contribution in [0.15, 0.2) is 71.2 Å². The fraction of sp³-hybridized carbons (Fsp3) is 0.400. The largest absolute Gasteiger partial charge is 0.432 e. The Labute approximate surface area is 284 Å². The summed E-state index contributed by atoms with van der Waals surface area (Å²) in [5.74, 6) is -1.07. The Kier molecular flexibility index (Phi) is 9.09. The fourth-order valence-electron chi connectivity index (χ4n) is 7.82. The number of amides is 3. The number of hydrogen-bond acceptors (Lipinski definition) is 7. The van der Waals surface area contributed by atoms with E-state index in [0.717, 1.165) is 22.9 Å². The van der Waals surface area contributed by atoms with Crippen LogP contribution < -0.4 is 16.0 Å². The van der Waals surface area contributed by atoms with E-state index in [9.17, 15) is 24.3 Å². The van der Waals surface area contributed by atoms with Crippen molar-refractivity contribution in [3.63, 3.8) is 0 Å². The molecule has 0 unspecified atom stereocenters. The maximum absolute atomic E-state index is 14.8. The van der Waals surface area contributed by atoms with Gasteiger partial charge < -0.3 is 35.5 Å². The van der Waals surface area contributed by atoms with Crippen molar-refractivity contribution in [1.29, 1.82) is 0 Å². The molecular formula is C35H41BrN4O6Si. The zero-order chi connectivity index (χ0) is 33.7. The van der Waals surface area contributed by atoms with Crippen molar-refractivity contribution in [2.24, 2.45) is 5.92 Å². The molecule has 3 aromatic carbocycles. The highest BCUT2D eigenvalue weighted by Gasteiger charge is 2.66. The lowest BCUT2D eigenvalue weighted by Crippen LogP contribution is -2.46. The van der Waals surface area contributed by atoms with E-state index in [1.165, 1.54) is 0 Å². The molecule has 3 aliphatic rings. The molecular weight excluding hydrogens is 680 g/mol. The summed E-state index contributed by atoms with van der Waals surface area (Å²) in [5, 5.41) is 12.8. The van der Waals surface area contributed by atoms with Gasteiger partial charge in [-0.25, -0.2) is 0 Å². The lowest BCUT2D eigenvalue weighted by molar-refractivity contribution is -0.150. The topological polar surface area (TPSA) is 145 Å². The Balaban J connectivity index is 1.30. The van der Waals surface area contributed by atoms with Gasteiger partial charge in [0.1, 0.15) is 0 Å². The molecule has 0 radical (unpaired) electrons. The number of carbonyl (C=O) groups is 3. The second kappa shape index (κ2) is 12.8. The van der Waals surface area contributed by atoms with Crippen molar-refractivity contribution in [3.05, 3.63) is 87.9 Å². The highest BCUT2D eigenvalue weighted by Crippen LogP contribution is 2.60. The number of anilines is 3. The molecule has 0 aliphatic carbocycles. The number of ether oxygens (including phenoxy) is 1.